The molecule has 0 radical (unpaired) electrons. The summed E-state index contributed by atoms with van der Waals surface area (Å²) in [6, 6.07) is 59.6. The van der Waals surface area contributed by atoms with Crippen LogP contribution < -0.4 is 19.4 Å². The Balaban J connectivity index is 0.982. The van der Waals surface area contributed by atoms with Crippen molar-refractivity contribution in [2.45, 2.75) is 26.2 Å². The van der Waals surface area contributed by atoms with Gasteiger partial charge in [0.1, 0.15) is 29.6 Å². The number of pyridine rings is 1. The minimum Gasteiger partial charge on any atom is -0.457 e. The van der Waals surface area contributed by atoms with Gasteiger partial charge in [-0.1, -0.05) is 112 Å². The molecule has 4 heterocycles. The summed E-state index contributed by atoms with van der Waals surface area (Å²) < 4.78 is 13.3. The minimum absolute atomic E-state index is 0.0432. The number of hydrogen-bond donors (Lipinski definition) is 0. The van der Waals surface area contributed by atoms with E-state index < -0.39 is 0 Å². The number of nitrogens with zero attached hydrogens (tertiary/aromatic N) is 4. The number of furan rings is 1. The van der Waals surface area contributed by atoms with Crippen LogP contribution in [0.3, 0.4) is 0 Å². The van der Waals surface area contributed by atoms with Gasteiger partial charge >= 0.3 is 0 Å². The van der Waals surface area contributed by atoms with Gasteiger partial charge in [-0.3, -0.25) is 4.90 Å². The molecule has 2 aliphatic heterocycles. The van der Waals surface area contributed by atoms with Gasteiger partial charge in [0.15, 0.2) is 5.58 Å². The number of benzene rings is 7. The van der Waals surface area contributed by atoms with Crippen LogP contribution in [-0.4, -0.2) is 11.7 Å². The topological polar surface area (TPSA) is 45.0 Å². The largest absolute Gasteiger partial charge is 0.457 e. The maximum absolute atomic E-state index is 6.81. The van der Waals surface area contributed by atoms with Crippen LogP contribution in [0.25, 0.3) is 44.2 Å². The van der Waals surface area contributed by atoms with Crippen molar-refractivity contribution in [1.82, 2.24) is 4.98 Å². The summed E-state index contributed by atoms with van der Waals surface area (Å²) >= 11 is 0. The van der Waals surface area contributed by atoms with Crippen molar-refractivity contribution in [1.29, 1.82) is 0 Å². The Bertz CT molecular complexity index is 3050. The number of para-hydroxylation sites is 5. The van der Waals surface area contributed by atoms with E-state index in [9.17, 15) is 0 Å². The van der Waals surface area contributed by atoms with E-state index >= 15 is 0 Å². The second-order valence-corrected chi connectivity index (χ2v) is 16.1. The van der Waals surface area contributed by atoms with Crippen molar-refractivity contribution < 1.29 is 9.15 Å². The first-order valence-corrected chi connectivity index (χ1v) is 19.8. The maximum Gasteiger partial charge on any atom is 0.159 e. The molecule has 9 aromatic rings. The molecule has 0 atom stereocenters. The van der Waals surface area contributed by atoms with Gasteiger partial charge in [0.2, 0.25) is 0 Å². The number of rotatable bonds is 5. The van der Waals surface area contributed by atoms with Crippen molar-refractivity contribution in [2.24, 2.45) is 0 Å². The maximum atomic E-state index is 6.81. The molecule has 0 bridgehead atoms. The van der Waals surface area contributed by atoms with Crippen LogP contribution in [-0.2, 0) is 5.41 Å². The molecule has 6 nitrogen and oxygen atoms in total. The van der Waals surface area contributed by atoms with Gasteiger partial charge in [-0.15, -0.1) is 0 Å². The number of aromatic nitrogens is 1. The summed E-state index contributed by atoms with van der Waals surface area (Å²) in [6.07, 6.45) is 1.93. The molecule has 2 aromatic heterocycles. The van der Waals surface area contributed by atoms with E-state index in [1.165, 1.54) is 16.7 Å². The third-order valence-corrected chi connectivity index (χ3v) is 11.5. The lowest BCUT2D eigenvalue weighted by molar-refractivity contribution is 0.483. The highest BCUT2D eigenvalue weighted by Crippen LogP contribution is 2.52. The van der Waals surface area contributed by atoms with Crippen LogP contribution in [0.5, 0.6) is 11.5 Å². The predicted octanol–water partition coefficient (Wildman–Crippen LogP) is 14.4. The SMILES string of the molecule is CC(C)(C)c1ccnc(N2c3ccccc3-c3ccccc3-c3ccc(Oc4cccc(N5CN(c6cccc7c6oc6ccccc67)c6ccccc65)c4)cc32)c1. The molecular formula is C52H40N4O2. The molecule has 280 valence electrons. The molecular weight excluding hydrogens is 713 g/mol. The Kier molecular flexibility index (Phi) is 7.70. The molecule has 0 aliphatic carbocycles. The molecule has 0 amide bonds. The fraction of sp³-hybridized carbons (Fsp3) is 0.0962. The van der Waals surface area contributed by atoms with Crippen molar-refractivity contribution in [3.63, 3.8) is 0 Å². The van der Waals surface area contributed by atoms with Gasteiger partial charge < -0.3 is 19.0 Å². The van der Waals surface area contributed by atoms with Gasteiger partial charge in [0.05, 0.1) is 28.4 Å². The fourth-order valence-corrected chi connectivity index (χ4v) is 8.66. The third-order valence-electron chi connectivity index (χ3n) is 11.5. The van der Waals surface area contributed by atoms with Crippen LogP contribution in [0.1, 0.15) is 26.3 Å². The molecule has 0 spiro atoms. The second kappa shape index (κ2) is 13.1. The summed E-state index contributed by atoms with van der Waals surface area (Å²) in [7, 11) is 0. The quantitative estimate of drug-likeness (QED) is 0.174. The first-order chi connectivity index (χ1) is 28.4. The lowest BCUT2D eigenvalue weighted by atomic mass is 9.87. The number of ether oxygens (including phenoxy) is 1. The first-order valence-electron chi connectivity index (χ1n) is 19.8. The van der Waals surface area contributed by atoms with Crippen molar-refractivity contribution in [3.05, 3.63) is 182 Å². The lowest BCUT2D eigenvalue weighted by Crippen LogP contribution is -2.24. The van der Waals surface area contributed by atoms with E-state index in [0.717, 1.165) is 84.5 Å². The van der Waals surface area contributed by atoms with Gasteiger partial charge in [-0.2, -0.15) is 0 Å². The van der Waals surface area contributed by atoms with Gasteiger partial charge in [-0.05, 0) is 88.8 Å². The fourth-order valence-electron chi connectivity index (χ4n) is 8.66. The molecule has 2 aliphatic rings. The Morgan fingerprint density at radius 2 is 1.16 bits per heavy atom. The Morgan fingerprint density at radius 3 is 1.97 bits per heavy atom. The monoisotopic (exact) mass is 752 g/mol. The van der Waals surface area contributed by atoms with Crippen LogP contribution in [0.2, 0.25) is 0 Å². The molecule has 0 saturated heterocycles. The molecule has 58 heavy (non-hydrogen) atoms. The smallest absolute Gasteiger partial charge is 0.159 e. The summed E-state index contributed by atoms with van der Waals surface area (Å²) in [5.41, 5.74) is 14.0. The summed E-state index contributed by atoms with van der Waals surface area (Å²) in [6.45, 7) is 7.34. The zero-order valence-electron chi connectivity index (χ0n) is 32.6. The Hall–Kier alpha value is -7.31. The minimum atomic E-state index is -0.0432. The van der Waals surface area contributed by atoms with E-state index in [2.05, 4.69) is 187 Å². The van der Waals surface area contributed by atoms with E-state index in [0.29, 0.717) is 6.67 Å². The number of anilines is 7. The zero-order chi connectivity index (χ0) is 39.0. The predicted molar refractivity (Wildman–Crippen MR) is 238 cm³/mol. The highest BCUT2D eigenvalue weighted by Gasteiger charge is 2.31. The van der Waals surface area contributed by atoms with Crippen LogP contribution in [0.4, 0.5) is 39.9 Å². The average molecular weight is 753 g/mol. The second-order valence-electron chi connectivity index (χ2n) is 16.1. The normalized spacial score (nSPS) is 13.3. The van der Waals surface area contributed by atoms with E-state index in [1.807, 2.05) is 24.4 Å². The standard InChI is InChI=1S/C52H40N4O2/c1-52(2,3)34-28-29-53-50(30-34)56-44-21-8-6-18-40(44)38-16-4-5-17-39(38)41-27-26-37(32-48(41)56)57-36-15-12-14-35(31-36)54-33-55(46-23-10-9-22-45(46)54)47-24-13-20-43-42-19-7-11-25-49(42)58-51(43)47/h4-32H,33H2,1-3H3. The molecule has 7 aromatic carbocycles. The van der Waals surface area contributed by atoms with E-state index in [1.54, 1.807) is 0 Å². The summed E-state index contributed by atoms with van der Waals surface area (Å²) in [5.74, 6) is 2.36. The number of hydrogen-bond acceptors (Lipinski definition) is 6. The molecule has 0 N–H and O–H groups in total. The molecule has 0 saturated carbocycles. The van der Waals surface area contributed by atoms with Gasteiger partial charge in [0.25, 0.3) is 0 Å². The van der Waals surface area contributed by atoms with E-state index in [-0.39, 0.29) is 5.41 Å². The Labute approximate surface area is 337 Å². The molecule has 6 heteroatoms. The van der Waals surface area contributed by atoms with Crippen molar-refractivity contribution in [3.8, 4) is 33.8 Å². The van der Waals surface area contributed by atoms with E-state index in [4.69, 9.17) is 14.1 Å². The molecule has 0 unspecified atom stereocenters. The molecule has 11 rings (SSSR count). The highest BCUT2D eigenvalue weighted by atomic mass is 16.5. The average Bonchev–Trinajstić information content (AvgIpc) is 3.80. The van der Waals surface area contributed by atoms with Gasteiger partial charge in [0, 0.05) is 45.9 Å². The van der Waals surface area contributed by atoms with Crippen molar-refractivity contribution >= 4 is 61.9 Å². The first kappa shape index (κ1) is 34.0. The lowest BCUT2D eigenvalue weighted by Gasteiger charge is -2.28. The highest BCUT2D eigenvalue weighted by molar-refractivity contribution is 6.10. The summed E-state index contributed by atoms with van der Waals surface area (Å²) in [5, 5.41) is 2.24. The van der Waals surface area contributed by atoms with Crippen LogP contribution >= 0.6 is 0 Å². The van der Waals surface area contributed by atoms with Crippen LogP contribution in [0, 0.1) is 0 Å². The van der Waals surface area contributed by atoms with Crippen LogP contribution in [0.15, 0.2) is 180 Å². The third kappa shape index (κ3) is 5.52. The van der Waals surface area contributed by atoms with Gasteiger partial charge in [-0.25, -0.2) is 4.98 Å². The van der Waals surface area contributed by atoms with Crippen molar-refractivity contribution in [2.75, 3.05) is 21.4 Å². The molecule has 0 fully saturated rings. The Morgan fingerprint density at radius 1 is 0.517 bits per heavy atom. The zero-order valence-corrected chi connectivity index (χ0v) is 32.6. The summed E-state index contributed by atoms with van der Waals surface area (Å²) in [4.78, 5) is 12.0. The number of fused-ring (bicyclic) bond motifs is 9.